The Labute approximate surface area is 486 Å². The second kappa shape index (κ2) is 30.9. The molecule has 3 fully saturated rings. The number of rotatable bonds is 17. The summed E-state index contributed by atoms with van der Waals surface area (Å²) in [5.74, 6) is -16.8. The Kier molecular flexibility index (Phi) is 25.1. The van der Waals surface area contributed by atoms with Crippen LogP contribution in [0.2, 0.25) is 0 Å². The molecule has 3 aliphatic heterocycles. The van der Waals surface area contributed by atoms with Crippen LogP contribution in [-0.2, 0) is 63.5 Å². The minimum atomic E-state index is -2.34. The van der Waals surface area contributed by atoms with Gasteiger partial charge in [-0.3, -0.25) is 56.9 Å². The van der Waals surface area contributed by atoms with Crippen LogP contribution in [0.25, 0.3) is 0 Å². The van der Waals surface area contributed by atoms with Gasteiger partial charge in [0.05, 0.1) is 59.3 Å². The number of hydrogen-bond donors (Lipinski definition) is 14. The van der Waals surface area contributed by atoms with E-state index in [1.54, 1.807) is 13.8 Å². The molecule has 4 aliphatic rings. The zero-order valence-corrected chi connectivity index (χ0v) is 49.1. The highest BCUT2D eigenvalue weighted by Gasteiger charge is 2.48. The van der Waals surface area contributed by atoms with Gasteiger partial charge in [-0.25, -0.2) is 0 Å². The van der Waals surface area contributed by atoms with Crippen molar-refractivity contribution in [3.05, 3.63) is 28.3 Å². The van der Waals surface area contributed by atoms with Gasteiger partial charge >= 0.3 is 0 Å². The third kappa shape index (κ3) is 18.1. The zero-order valence-electron chi connectivity index (χ0n) is 46.7. The average molecular weight is 1240 g/mol. The van der Waals surface area contributed by atoms with E-state index in [0.717, 1.165) is 6.08 Å². The lowest BCUT2D eigenvalue weighted by Crippen LogP contribution is -2.60. The van der Waals surface area contributed by atoms with Crippen molar-refractivity contribution >= 4 is 103 Å². The first-order valence-corrected chi connectivity index (χ1v) is 30.0. The van der Waals surface area contributed by atoms with Gasteiger partial charge in [-0.15, -0.1) is 0 Å². The molecular weight excluding hydrogens is 1160 g/mol. The monoisotopic (exact) mass is 1230 g/mol. The number of unbranched alkanes of at least 4 members (excludes halogenated alkanes) is 1. The fourth-order valence-corrected chi connectivity index (χ4v) is 12.7. The molecule has 3 heterocycles. The SMILES string of the molecule is CCCNC(=O)/C(Br)=C\C(=O)CCCCC(=O)Nc1cc2c(cc1O)NC1C2C[C@@H]2NC(=O)[C@H](C(C)[C@@H](O)CO)NC(=O)[C@@H]3C[C@@H](O)CC3C(=O)[C@H](CC(N)=O)CC(=O)[C@H](CS1=O)NC(=O)CNC(=O)[C@H]([C@@H](C)CC)NC(C)CNC2=O. The number of allylic oxidation sites excluding steroid dienone is 1. The fraction of sp³-hybridized carbons (Fsp3) is 0.648. The molecule has 15 atom stereocenters. The molecule has 5 rings (SSSR count). The molecule has 6 unspecified atom stereocenters. The molecule has 1 aromatic carbocycles. The highest BCUT2D eigenvalue weighted by atomic mass is 79.9. The van der Waals surface area contributed by atoms with Gasteiger partial charge in [-0.1, -0.05) is 34.1 Å². The summed E-state index contributed by atoms with van der Waals surface area (Å²) in [5, 5.41) is 66.7. The second-order valence-electron chi connectivity index (χ2n) is 21.8. The number of amides is 8. The third-order valence-corrected chi connectivity index (χ3v) is 17.7. The van der Waals surface area contributed by atoms with Gasteiger partial charge in [0.25, 0.3) is 5.91 Å². The topological polar surface area (TPSA) is 420 Å². The summed E-state index contributed by atoms with van der Waals surface area (Å²) in [6, 6.07) is -4.11. The van der Waals surface area contributed by atoms with E-state index in [1.807, 2.05) is 13.8 Å². The highest BCUT2D eigenvalue weighted by molar-refractivity contribution is 9.12. The van der Waals surface area contributed by atoms with Gasteiger partial charge in [-0.05, 0) is 78.9 Å². The van der Waals surface area contributed by atoms with Crippen molar-refractivity contribution in [1.29, 1.82) is 0 Å². The Morgan fingerprint density at radius 3 is 2.23 bits per heavy atom. The molecule has 26 nitrogen and oxygen atoms in total. The Bertz CT molecular complexity index is 2640. The summed E-state index contributed by atoms with van der Waals surface area (Å²) in [7, 11) is -2.34. The third-order valence-electron chi connectivity index (χ3n) is 15.5. The summed E-state index contributed by atoms with van der Waals surface area (Å²) in [4.78, 5) is 152. The van der Waals surface area contributed by atoms with Crippen LogP contribution >= 0.6 is 15.9 Å². The molecule has 0 spiro atoms. The fourth-order valence-electron chi connectivity index (χ4n) is 10.6. The molecule has 454 valence electrons. The van der Waals surface area contributed by atoms with Gasteiger partial charge in [-0.2, -0.15) is 0 Å². The molecule has 28 heteroatoms. The van der Waals surface area contributed by atoms with E-state index >= 15 is 4.21 Å². The lowest BCUT2D eigenvalue weighted by Gasteiger charge is -2.32. The van der Waals surface area contributed by atoms with E-state index in [0.29, 0.717) is 19.4 Å². The summed E-state index contributed by atoms with van der Waals surface area (Å²) < 4.78 is 15.2. The largest absolute Gasteiger partial charge is 0.506 e. The molecule has 1 aliphatic carbocycles. The Balaban J connectivity index is 1.63. The highest BCUT2D eigenvalue weighted by Crippen LogP contribution is 2.45. The average Bonchev–Trinajstić information content (AvgIpc) is 4.24. The first-order chi connectivity index (χ1) is 38.8. The van der Waals surface area contributed by atoms with Gasteiger partial charge in [0, 0.05) is 97.1 Å². The molecule has 2 bridgehead atoms. The Morgan fingerprint density at radius 1 is 0.866 bits per heavy atom. The van der Waals surface area contributed by atoms with Crippen LogP contribution in [0.15, 0.2) is 22.7 Å². The van der Waals surface area contributed by atoms with E-state index in [-0.39, 0.29) is 78.2 Å². The van der Waals surface area contributed by atoms with Crippen LogP contribution in [-0.4, -0.2) is 169 Å². The number of nitrogens with one attached hydrogen (secondary N) is 9. The number of Topliss-reactive ketones (excluding diaryl/α,β-unsaturated/α-hetero) is 2. The molecule has 1 aromatic rings. The predicted molar refractivity (Wildman–Crippen MR) is 302 cm³/mol. The number of phenolic OH excluding ortho intramolecular Hbond substituents is 1. The summed E-state index contributed by atoms with van der Waals surface area (Å²) in [6.45, 7) is 7.18. The zero-order chi connectivity index (χ0) is 60.7. The van der Waals surface area contributed by atoms with Gasteiger partial charge in [0.2, 0.25) is 41.4 Å². The van der Waals surface area contributed by atoms with E-state index in [2.05, 4.69) is 63.8 Å². The van der Waals surface area contributed by atoms with Crippen molar-refractivity contribution in [1.82, 2.24) is 37.2 Å². The molecule has 1 saturated carbocycles. The summed E-state index contributed by atoms with van der Waals surface area (Å²) in [6.07, 6.45) is -2.84. The van der Waals surface area contributed by atoms with E-state index in [1.165, 1.54) is 19.1 Å². The number of nitrogens with two attached hydrogens (primary N) is 1. The molecule has 0 aromatic heterocycles. The van der Waals surface area contributed by atoms with Crippen molar-refractivity contribution in [2.24, 2.45) is 35.3 Å². The van der Waals surface area contributed by atoms with Crippen LogP contribution < -0.4 is 53.6 Å². The molecule has 2 saturated heterocycles. The van der Waals surface area contributed by atoms with Gasteiger partial charge in [0.15, 0.2) is 11.6 Å². The van der Waals surface area contributed by atoms with Crippen LogP contribution in [0, 0.1) is 29.6 Å². The number of phenols is 1. The predicted octanol–water partition coefficient (Wildman–Crippen LogP) is -1.26. The number of halogens is 1. The Morgan fingerprint density at radius 2 is 1.56 bits per heavy atom. The summed E-state index contributed by atoms with van der Waals surface area (Å²) in [5.41, 5.74) is 5.86. The number of anilines is 2. The molecule has 82 heavy (non-hydrogen) atoms. The number of carbonyl (C=O) groups excluding carboxylic acids is 11. The number of benzene rings is 1. The lowest BCUT2D eigenvalue weighted by atomic mass is 9.80. The second-order valence-corrected chi connectivity index (χ2v) is 24.3. The van der Waals surface area contributed by atoms with Gasteiger partial charge < -0.3 is 74.0 Å². The smallest absolute Gasteiger partial charge is 0.258 e. The number of ketones is 3. The maximum atomic E-state index is 15.2. The van der Waals surface area contributed by atoms with Crippen molar-refractivity contribution < 1.29 is 77.4 Å². The van der Waals surface area contributed by atoms with Crippen LogP contribution in [0.4, 0.5) is 11.4 Å². The lowest BCUT2D eigenvalue weighted by molar-refractivity contribution is -0.140. The number of fused-ring (bicyclic) bond motifs is 5. The Hall–Kier alpha value is -6.20. The van der Waals surface area contributed by atoms with Gasteiger partial charge in [0.1, 0.15) is 29.0 Å². The molecule has 15 N–H and O–H groups in total. The molecule has 0 radical (unpaired) electrons. The maximum Gasteiger partial charge on any atom is 0.258 e. The minimum Gasteiger partial charge on any atom is -0.506 e. The maximum absolute atomic E-state index is 15.2. The summed E-state index contributed by atoms with van der Waals surface area (Å²) >= 11 is 3.11. The quantitative estimate of drug-likeness (QED) is 0.0492. The first kappa shape index (κ1) is 66.6. The van der Waals surface area contributed by atoms with Crippen molar-refractivity contribution in [3.63, 3.8) is 0 Å². The van der Waals surface area contributed by atoms with E-state index in [9.17, 15) is 73.2 Å². The molecular formula is C54H79BrN10O16S. The number of primary amides is 1. The molecule has 8 amide bonds. The number of carbonyl (C=O) groups is 11. The van der Waals surface area contributed by atoms with Crippen LogP contribution in [0.1, 0.15) is 117 Å². The van der Waals surface area contributed by atoms with Crippen molar-refractivity contribution in [2.45, 2.75) is 159 Å². The van der Waals surface area contributed by atoms with E-state index < -0.39 is 191 Å². The van der Waals surface area contributed by atoms with Crippen molar-refractivity contribution in [2.75, 3.05) is 42.6 Å². The van der Waals surface area contributed by atoms with Crippen molar-refractivity contribution in [3.8, 4) is 5.75 Å². The number of hydrogen-bond acceptors (Lipinski definition) is 18. The standard InChI is InChI=1S/C54H79BrN10O16S/c1-6-12-57-50(77)35(55)17-29(67)10-8-9-11-44(73)61-37-18-31-34-19-38-51(78)58-21-26(4)60-46(25(3)7-2)52(79)59-22-45(74)62-39(24-82(81)54(34)64-36(31)20-41(37)70)40(69)13-28(14-43(56)72)48(75)32-15-30(68)16-33(32)49(76)65-47(53(80)63-38)27(5)42(71)23-66/h17-18,20,25-28,30,32-34,38-39,42,46-47,54,60,64,66,68,70-71H,6-16,19,21-24H2,1-5H3,(H2,56,72)(H,57,77)(H,58,78)(H,59,79)(H,61,73)(H,62,74)(H,63,80)(H,65,76)/b35-17+/t25-,26?,27?,28-,30-,32?,33+,34?,38-,39-,42-,46-,47-,54?,82?/m0/s1. The van der Waals surface area contributed by atoms with E-state index in [4.69, 9.17) is 5.73 Å². The minimum absolute atomic E-state index is 0.0106. The van der Waals surface area contributed by atoms with Crippen LogP contribution in [0.5, 0.6) is 5.75 Å². The first-order valence-electron chi connectivity index (χ1n) is 27.8. The van der Waals surface area contributed by atoms with Crippen LogP contribution in [0.3, 0.4) is 0 Å². The normalized spacial score (nSPS) is 29.1. The number of aliphatic hydroxyl groups excluding tert-OH is 3. The number of aliphatic hydroxyl groups is 3. The number of aromatic hydroxyl groups is 1.